The lowest BCUT2D eigenvalue weighted by Gasteiger charge is -1.98. The fourth-order valence-corrected chi connectivity index (χ4v) is 2.55. The van der Waals surface area contributed by atoms with Crippen LogP contribution in [0.3, 0.4) is 0 Å². The average Bonchev–Trinajstić information content (AvgIpc) is 3.01. The van der Waals surface area contributed by atoms with E-state index in [-0.39, 0.29) is 5.91 Å². The highest BCUT2D eigenvalue weighted by atomic mass is 19.1. The number of hydrazone groups is 1. The van der Waals surface area contributed by atoms with Crippen molar-refractivity contribution in [2.24, 2.45) is 5.10 Å². The standard InChI is InChI=1S/C20H16FN3O2/c1-14(25)24-13-16(18-6-2-3-7-19(18)24)5-4-12-22-23-20(26)15-8-10-17(21)11-9-15/h2-13H,1H3,(H,23,26)/b5-4+,22-12+. The molecule has 0 unspecified atom stereocenters. The second kappa shape index (κ2) is 7.57. The summed E-state index contributed by atoms with van der Waals surface area (Å²) in [7, 11) is 0. The number of para-hydroxylation sites is 1. The first-order valence-electron chi connectivity index (χ1n) is 7.93. The molecule has 1 N–H and O–H groups in total. The van der Waals surface area contributed by atoms with E-state index in [0.29, 0.717) is 5.56 Å². The van der Waals surface area contributed by atoms with E-state index in [1.54, 1.807) is 22.9 Å². The van der Waals surface area contributed by atoms with E-state index in [4.69, 9.17) is 0 Å². The van der Waals surface area contributed by atoms with Crippen molar-refractivity contribution in [3.05, 3.63) is 77.7 Å². The molecule has 26 heavy (non-hydrogen) atoms. The Bertz CT molecular complexity index is 1020. The molecule has 1 heterocycles. The lowest BCUT2D eigenvalue weighted by atomic mass is 10.1. The third-order valence-electron chi connectivity index (χ3n) is 3.79. The summed E-state index contributed by atoms with van der Waals surface area (Å²) in [6.07, 6.45) is 6.66. The molecule has 3 aromatic rings. The number of carbonyl (C=O) groups excluding carboxylic acids is 2. The van der Waals surface area contributed by atoms with Crippen LogP contribution in [0, 0.1) is 5.82 Å². The van der Waals surface area contributed by atoms with E-state index in [1.807, 2.05) is 24.3 Å². The summed E-state index contributed by atoms with van der Waals surface area (Å²) in [5.41, 5.74) is 4.38. The SMILES string of the molecule is CC(=O)n1cc(/C=C/C=N/NC(=O)c2ccc(F)cc2)c2ccccc21. The maximum absolute atomic E-state index is 12.8. The predicted octanol–water partition coefficient (Wildman–Crippen LogP) is 3.87. The minimum Gasteiger partial charge on any atom is -0.287 e. The van der Waals surface area contributed by atoms with Gasteiger partial charge in [-0.15, -0.1) is 0 Å². The van der Waals surface area contributed by atoms with Crippen molar-refractivity contribution in [1.82, 2.24) is 9.99 Å². The van der Waals surface area contributed by atoms with E-state index in [0.717, 1.165) is 16.5 Å². The lowest BCUT2D eigenvalue weighted by molar-refractivity contribution is 0.0937. The van der Waals surface area contributed by atoms with Crippen molar-refractivity contribution in [3.8, 4) is 0 Å². The number of carbonyl (C=O) groups is 2. The Morgan fingerprint density at radius 1 is 1.12 bits per heavy atom. The zero-order valence-electron chi connectivity index (χ0n) is 14.0. The number of nitrogens with zero attached hydrogens (tertiary/aromatic N) is 2. The van der Waals surface area contributed by atoms with Gasteiger partial charge in [-0.05, 0) is 36.4 Å². The quantitative estimate of drug-likeness (QED) is 0.574. The van der Waals surface area contributed by atoms with Gasteiger partial charge in [0.25, 0.3) is 5.91 Å². The highest BCUT2D eigenvalue weighted by Crippen LogP contribution is 2.22. The third kappa shape index (κ3) is 3.75. The molecule has 5 nitrogen and oxygen atoms in total. The van der Waals surface area contributed by atoms with Gasteiger partial charge in [0.05, 0.1) is 5.52 Å². The van der Waals surface area contributed by atoms with Crippen LogP contribution in [0.25, 0.3) is 17.0 Å². The van der Waals surface area contributed by atoms with Crippen LogP contribution < -0.4 is 5.43 Å². The molecule has 0 radical (unpaired) electrons. The summed E-state index contributed by atoms with van der Waals surface area (Å²) in [4.78, 5) is 23.6. The summed E-state index contributed by atoms with van der Waals surface area (Å²) in [5.74, 6) is -0.901. The second-order valence-corrected chi connectivity index (χ2v) is 5.58. The molecule has 130 valence electrons. The van der Waals surface area contributed by atoms with Crippen molar-refractivity contribution in [2.45, 2.75) is 6.92 Å². The Morgan fingerprint density at radius 2 is 1.85 bits per heavy atom. The Hall–Kier alpha value is -3.54. The molecule has 1 aromatic heterocycles. The van der Waals surface area contributed by atoms with E-state index in [9.17, 15) is 14.0 Å². The highest BCUT2D eigenvalue weighted by Gasteiger charge is 2.08. The van der Waals surface area contributed by atoms with Crippen LogP contribution in [0.4, 0.5) is 4.39 Å². The van der Waals surface area contributed by atoms with E-state index < -0.39 is 11.7 Å². The van der Waals surface area contributed by atoms with Crippen LogP contribution in [0.15, 0.2) is 65.9 Å². The van der Waals surface area contributed by atoms with Crippen LogP contribution in [0.1, 0.15) is 27.6 Å². The Kier molecular flexibility index (Phi) is 5.03. The number of nitrogens with one attached hydrogen (secondary N) is 1. The molecule has 0 saturated heterocycles. The molecule has 0 fully saturated rings. The topological polar surface area (TPSA) is 63.5 Å². The molecule has 0 aliphatic heterocycles. The largest absolute Gasteiger partial charge is 0.287 e. The number of amides is 1. The first-order chi connectivity index (χ1) is 12.6. The maximum atomic E-state index is 12.8. The first kappa shape index (κ1) is 17.3. The number of allylic oxidation sites excluding steroid dienone is 1. The van der Waals surface area contributed by atoms with Gasteiger partial charge in [0.2, 0.25) is 5.91 Å². The number of hydrogen-bond donors (Lipinski definition) is 1. The highest BCUT2D eigenvalue weighted by molar-refractivity contribution is 5.98. The number of aromatic nitrogens is 1. The molecule has 1 amide bonds. The Morgan fingerprint density at radius 3 is 2.58 bits per heavy atom. The Labute approximate surface area is 149 Å². The lowest BCUT2D eigenvalue weighted by Crippen LogP contribution is -2.17. The van der Waals surface area contributed by atoms with E-state index in [1.165, 1.54) is 37.4 Å². The molecule has 0 aliphatic carbocycles. The molecular weight excluding hydrogens is 333 g/mol. The smallest absolute Gasteiger partial charge is 0.271 e. The molecule has 0 spiro atoms. The summed E-state index contributed by atoms with van der Waals surface area (Å²) < 4.78 is 14.4. The fourth-order valence-electron chi connectivity index (χ4n) is 2.55. The molecular formula is C20H16FN3O2. The van der Waals surface area contributed by atoms with Crippen LogP contribution in [0.5, 0.6) is 0 Å². The van der Waals surface area contributed by atoms with E-state index in [2.05, 4.69) is 10.5 Å². The molecule has 0 atom stereocenters. The van der Waals surface area contributed by atoms with Crippen molar-refractivity contribution in [1.29, 1.82) is 0 Å². The van der Waals surface area contributed by atoms with Crippen molar-refractivity contribution >= 4 is 35.0 Å². The normalized spacial score (nSPS) is 11.5. The van der Waals surface area contributed by atoms with Gasteiger partial charge in [0.15, 0.2) is 0 Å². The summed E-state index contributed by atoms with van der Waals surface area (Å²) in [6.45, 7) is 1.51. The van der Waals surface area contributed by atoms with Gasteiger partial charge in [0, 0.05) is 35.8 Å². The van der Waals surface area contributed by atoms with Crippen molar-refractivity contribution < 1.29 is 14.0 Å². The molecule has 0 saturated carbocycles. The van der Waals surface area contributed by atoms with Crippen LogP contribution in [-0.2, 0) is 0 Å². The Balaban J connectivity index is 1.70. The molecule has 0 aliphatic rings. The summed E-state index contributed by atoms with van der Waals surface area (Å²) in [5, 5.41) is 4.78. The number of fused-ring (bicyclic) bond motifs is 1. The van der Waals surface area contributed by atoms with Crippen LogP contribution in [0.2, 0.25) is 0 Å². The molecule has 3 rings (SSSR count). The van der Waals surface area contributed by atoms with Gasteiger partial charge >= 0.3 is 0 Å². The maximum Gasteiger partial charge on any atom is 0.271 e. The zero-order chi connectivity index (χ0) is 18.5. The summed E-state index contributed by atoms with van der Waals surface area (Å²) >= 11 is 0. The average molecular weight is 349 g/mol. The fraction of sp³-hybridized carbons (Fsp3) is 0.0500. The van der Waals surface area contributed by atoms with Crippen molar-refractivity contribution in [3.63, 3.8) is 0 Å². The number of halogens is 1. The minimum absolute atomic E-state index is 0.0684. The van der Waals surface area contributed by atoms with Crippen molar-refractivity contribution in [2.75, 3.05) is 0 Å². The number of rotatable bonds is 4. The first-order valence-corrected chi connectivity index (χ1v) is 7.93. The zero-order valence-corrected chi connectivity index (χ0v) is 14.0. The molecule has 2 aromatic carbocycles. The second-order valence-electron chi connectivity index (χ2n) is 5.58. The van der Waals surface area contributed by atoms with Gasteiger partial charge < -0.3 is 0 Å². The van der Waals surface area contributed by atoms with Gasteiger partial charge in [-0.25, -0.2) is 9.82 Å². The van der Waals surface area contributed by atoms with Gasteiger partial charge in [-0.3, -0.25) is 14.2 Å². The van der Waals surface area contributed by atoms with Gasteiger partial charge in [-0.2, -0.15) is 5.10 Å². The number of benzene rings is 2. The molecule has 6 heteroatoms. The minimum atomic E-state index is -0.428. The number of hydrogen-bond acceptors (Lipinski definition) is 3. The van der Waals surface area contributed by atoms with E-state index >= 15 is 0 Å². The van der Waals surface area contributed by atoms with Crippen LogP contribution >= 0.6 is 0 Å². The monoisotopic (exact) mass is 349 g/mol. The molecule has 0 bridgehead atoms. The predicted molar refractivity (Wildman–Crippen MR) is 99.6 cm³/mol. The van der Waals surface area contributed by atoms with Crippen LogP contribution in [-0.4, -0.2) is 22.6 Å². The van der Waals surface area contributed by atoms with Gasteiger partial charge in [-0.1, -0.05) is 24.3 Å². The van der Waals surface area contributed by atoms with Gasteiger partial charge in [0.1, 0.15) is 5.82 Å². The third-order valence-corrected chi connectivity index (χ3v) is 3.79. The summed E-state index contributed by atoms with van der Waals surface area (Å²) in [6, 6.07) is 12.8.